The maximum absolute atomic E-state index is 6.42. The Balaban J connectivity index is 1.22. The summed E-state index contributed by atoms with van der Waals surface area (Å²) in [5.41, 5.74) is 8.17. The number of fused-ring (bicyclic) bond motifs is 7. The molecule has 224 valence electrons. The third-order valence-electron chi connectivity index (χ3n) is 9.13. The molecule has 5 heteroatoms. The van der Waals surface area contributed by atoms with Crippen molar-refractivity contribution in [3.63, 3.8) is 0 Å². The Bertz CT molecular complexity index is 2850. The van der Waals surface area contributed by atoms with Gasteiger partial charge in [-0.05, 0) is 58.3 Å². The highest BCUT2D eigenvalue weighted by Gasteiger charge is 2.20. The molecule has 3 heterocycles. The second kappa shape index (κ2) is 10.5. The second-order valence-corrected chi connectivity index (χ2v) is 12.0. The quantitative estimate of drug-likeness (QED) is 0.197. The van der Waals surface area contributed by atoms with Gasteiger partial charge in [-0.2, -0.15) is 0 Å². The number of nitrogens with zero attached hydrogens (tertiary/aromatic N) is 3. The third kappa shape index (κ3) is 4.22. The Morgan fingerprint density at radius 1 is 0.333 bits per heavy atom. The standard InChI is InChI=1S/C43H25N3O2/c1-2-11-27(12-3-1)41-44-42(32-15-8-18-37-39(32)31-14-6-7-17-35(31)47-37)46-43(45-41)33-16-9-19-38-40(33)34-25-30(22-23-36(34)48-38)29-21-20-26-10-4-5-13-28(26)24-29/h1-25H. The SMILES string of the molecule is c1ccc(-c2nc(-c3cccc4oc5ccccc5c34)nc(-c3cccc4oc5ccc(-c6ccc7ccccc7c6)cc5c34)n2)cc1. The number of aromatic nitrogens is 3. The van der Waals surface area contributed by atoms with Gasteiger partial charge in [0.2, 0.25) is 0 Å². The Kier molecular flexibility index (Phi) is 5.81. The highest BCUT2D eigenvalue weighted by molar-refractivity contribution is 6.14. The largest absolute Gasteiger partial charge is 0.456 e. The predicted molar refractivity (Wildman–Crippen MR) is 194 cm³/mol. The van der Waals surface area contributed by atoms with Gasteiger partial charge in [-0.1, -0.05) is 115 Å². The molecule has 0 saturated heterocycles. The van der Waals surface area contributed by atoms with Gasteiger partial charge in [-0.25, -0.2) is 15.0 Å². The summed E-state index contributed by atoms with van der Waals surface area (Å²) in [6.07, 6.45) is 0. The van der Waals surface area contributed by atoms with Crippen molar-refractivity contribution >= 4 is 54.6 Å². The molecule has 0 N–H and O–H groups in total. The molecule has 0 radical (unpaired) electrons. The minimum atomic E-state index is 0.577. The average Bonchev–Trinajstić information content (AvgIpc) is 3.73. The van der Waals surface area contributed by atoms with Gasteiger partial charge in [0.25, 0.3) is 0 Å². The fraction of sp³-hybridized carbons (Fsp3) is 0. The molecule has 10 rings (SSSR count). The summed E-state index contributed by atoms with van der Waals surface area (Å²) in [5.74, 6) is 1.76. The van der Waals surface area contributed by atoms with Crippen LogP contribution in [0.15, 0.2) is 160 Å². The lowest BCUT2D eigenvalue weighted by Crippen LogP contribution is -2.00. The Hall–Kier alpha value is -6.59. The van der Waals surface area contributed by atoms with Gasteiger partial charge < -0.3 is 8.83 Å². The van der Waals surface area contributed by atoms with E-state index < -0.39 is 0 Å². The minimum Gasteiger partial charge on any atom is -0.456 e. The fourth-order valence-corrected chi connectivity index (χ4v) is 6.86. The van der Waals surface area contributed by atoms with Crippen molar-refractivity contribution < 1.29 is 8.83 Å². The fourth-order valence-electron chi connectivity index (χ4n) is 6.86. The lowest BCUT2D eigenvalue weighted by atomic mass is 9.98. The van der Waals surface area contributed by atoms with Crippen LogP contribution in [0.3, 0.4) is 0 Å². The van der Waals surface area contributed by atoms with Crippen LogP contribution in [0.25, 0.3) is 99.9 Å². The van der Waals surface area contributed by atoms with Gasteiger partial charge in [-0.3, -0.25) is 0 Å². The third-order valence-corrected chi connectivity index (χ3v) is 9.13. The van der Waals surface area contributed by atoms with E-state index in [1.165, 1.54) is 10.8 Å². The van der Waals surface area contributed by atoms with Gasteiger partial charge in [0.1, 0.15) is 22.3 Å². The van der Waals surface area contributed by atoms with Crippen molar-refractivity contribution in [1.29, 1.82) is 0 Å². The molecule has 7 aromatic carbocycles. The molecule has 0 fully saturated rings. The van der Waals surface area contributed by atoms with Gasteiger partial charge in [0.05, 0.1) is 0 Å². The molecule has 0 unspecified atom stereocenters. The van der Waals surface area contributed by atoms with E-state index in [4.69, 9.17) is 23.8 Å². The molecule has 48 heavy (non-hydrogen) atoms. The van der Waals surface area contributed by atoms with E-state index in [0.717, 1.165) is 71.7 Å². The second-order valence-electron chi connectivity index (χ2n) is 12.0. The van der Waals surface area contributed by atoms with E-state index in [2.05, 4.69) is 78.9 Å². The molecule has 0 amide bonds. The monoisotopic (exact) mass is 615 g/mol. The van der Waals surface area contributed by atoms with Crippen LogP contribution >= 0.6 is 0 Å². The zero-order valence-corrected chi connectivity index (χ0v) is 25.6. The van der Waals surface area contributed by atoms with Crippen molar-refractivity contribution in [2.75, 3.05) is 0 Å². The van der Waals surface area contributed by atoms with Gasteiger partial charge in [0.15, 0.2) is 17.5 Å². The lowest BCUT2D eigenvalue weighted by Gasteiger charge is -2.10. The molecular weight excluding hydrogens is 590 g/mol. The molecule has 0 aliphatic carbocycles. The van der Waals surface area contributed by atoms with Crippen molar-refractivity contribution in [3.8, 4) is 45.3 Å². The summed E-state index contributed by atoms with van der Waals surface area (Å²) in [6, 6.07) is 51.7. The normalized spacial score (nSPS) is 11.8. The van der Waals surface area contributed by atoms with E-state index >= 15 is 0 Å². The van der Waals surface area contributed by atoms with E-state index in [1.807, 2.05) is 72.8 Å². The van der Waals surface area contributed by atoms with E-state index in [0.29, 0.717) is 17.5 Å². The van der Waals surface area contributed by atoms with Crippen LogP contribution < -0.4 is 0 Å². The van der Waals surface area contributed by atoms with Crippen molar-refractivity contribution in [1.82, 2.24) is 15.0 Å². The highest BCUT2D eigenvalue weighted by Crippen LogP contribution is 2.40. The maximum Gasteiger partial charge on any atom is 0.164 e. The summed E-state index contributed by atoms with van der Waals surface area (Å²) < 4.78 is 12.6. The van der Waals surface area contributed by atoms with Crippen molar-refractivity contribution in [2.45, 2.75) is 0 Å². The Morgan fingerprint density at radius 2 is 0.896 bits per heavy atom. The molecule has 3 aromatic heterocycles. The van der Waals surface area contributed by atoms with Crippen molar-refractivity contribution in [3.05, 3.63) is 152 Å². The number of hydrogen-bond donors (Lipinski definition) is 0. The molecule has 0 atom stereocenters. The first kappa shape index (κ1) is 26.6. The molecule has 0 aliphatic rings. The van der Waals surface area contributed by atoms with Crippen molar-refractivity contribution in [2.24, 2.45) is 0 Å². The molecule has 0 bridgehead atoms. The number of hydrogen-bond acceptors (Lipinski definition) is 5. The molecule has 5 nitrogen and oxygen atoms in total. The summed E-state index contributed by atoms with van der Waals surface area (Å²) in [7, 11) is 0. The minimum absolute atomic E-state index is 0.577. The van der Waals surface area contributed by atoms with Crippen LogP contribution in [0, 0.1) is 0 Å². The Labute approximate surface area is 274 Å². The van der Waals surface area contributed by atoms with E-state index in [1.54, 1.807) is 0 Å². The molecule has 0 saturated carbocycles. The lowest BCUT2D eigenvalue weighted by molar-refractivity contribution is 0.668. The number of furan rings is 2. The van der Waals surface area contributed by atoms with Crippen LogP contribution in [-0.2, 0) is 0 Å². The van der Waals surface area contributed by atoms with Gasteiger partial charge >= 0.3 is 0 Å². The molecule has 10 aromatic rings. The van der Waals surface area contributed by atoms with Crippen LogP contribution in [0.2, 0.25) is 0 Å². The first-order valence-corrected chi connectivity index (χ1v) is 15.9. The molecular formula is C43H25N3O2. The zero-order chi connectivity index (χ0) is 31.6. The van der Waals surface area contributed by atoms with Crippen LogP contribution in [-0.4, -0.2) is 15.0 Å². The van der Waals surface area contributed by atoms with E-state index in [9.17, 15) is 0 Å². The van der Waals surface area contributed by atoms with Gasteiger partial charge in [-0.15, -0.1) is 0 Å². The van der Waals surface area contributed by atoms with Gasteiger partial charge in [0, 0.05) is 38.2 Å². The van der Waals surface area contributed by atoms with Crippen LogP contribution in [0.5, 0.6) is 0 Å². The topological polar surface area (TPSA) is 65.0 Å². The summed E-state index contributed by atoms with van der Waals surface area (Å²) in [6.45, 7) is 0. The number of rotatable bonds is 4. The molecule has 0 aliphatic heterocycles. The Morgan fingerprint density at radius 3 is 1.67 bits per heavy atom. The first-order chi connectivity index (χ1) is 23.8. The zero-order valence-electron chi connectivity index (χ0n) is 25.6. The molecule has 0 spiro atoms. The number of benzene rings is 7. The average molecular weight is 616 g/mol. The smallest absolute Gasteiger partial charge is 0.164 e. The predicted octanol–water partition coefficient (Wildman–Crippen LogP) is 11.5. The summed E-state index contributed by atoms with van der Waals surface area (Å²) in [5, 5.41) is 6.42. The van der Waals surface area contributed by atoms with Crippen LogP contribution in [0.4, 0.5) is 0 Å². The first-order valence-electron chi connectivity index (χ1n) is 15.9. The number of para-hydroxylation sites is 1. The summed E-state index contributed by atoms with van der Waals surface area (Å²) in [4.78, 5) is 15.3. The van der Waals surface area contributed by atoms with Crippen LogP contribution in [0.1, 0.15) is 0 Å². The maximum atomic E-state index is 6.42. The highest BCUT2D eigenvalue weighted by atomic mass is 16.3. The summed E-state index contributed by atoms with van der Waals surface area (Å²) >= 11 is 0. The van der Waals surface area contributed by atoms with E-state index in [-0.39, 0.29) is 0 Å².